The number of hydrogen-bond donors (Lipinski definition) is 2. The fraction of sp³-hybridized carbons (Fsp3) is 0.500. The monoisotopic (exact) mass is 164 g/mol. The molecule has 2 rings (SSSR count). The second-order valence-electron chi connectivity index (χ2n) is 3.17. The van der Waals surface area contributed by atoms with Crippen LogP contribution in [0.25, 0.3) is 0 Å². The second-order valence-corrected chi connectivity index (χ2v) is 3.17. The molecule has 0 saturated carbocycles. The first-order chi connectivity index (χ1) is 5.77. The van der Waals surface area contributed by atoms with Crippen molar-refractivity contribution < 1.29 is 0 Å². The number of nitrogen functional groups attached to an aromatic ring is 1. The zero-order valence-corrected chi connectivity index (χ0v) is 7.04. The Morgan fingerprint density at radius 1 is 1.58 bits per heavy atom. The second kappa shape index (κ2) is 2.62. The number of nitrogens with one attached hydrogen (secondary N) is 1. The Morgan fingerprint density at radius 2 is 2.42 bits per heavy atom. The van der Waals surface area contributed by atoms with Crippen molar-refractivity contribution in [1.29, 1.82) is 0 Å². The Hall–Kier alpha value is -1.32. The van der Waals surface area contributed by atoms with Gasteiger partial charge in [0, 0.05) is 11.6 Å². The van der Waals surface area contributed by atoms with E-state index in [4.69, 9.17) is 5.73 Å². The minimum atomic E-state index is 0.492. The molecule has 0 saturated heterocycles. The first kappa shape index (κ1) is 7.34. The standard InChI is InChI=1S/C8H12N4/c1-5-2-3-6-7(9)10-4-11-8(6)12-5/h4-5H,2-3H2,1H3,(H3,9,10,11,12). The lowest BCUT2D eigenvalue weighted by Crippen LogP contribution is -2.24. The molecule has 4 nitrogen and oxygen atoms in total. The molecule has 2 heterocycles. The van der Waals surface area contributed by atoms with E-state index in [9.17, 15) is 0 Å². The molecule has 0 radical (unpaired) electrons. The van der Waals surface area contributed by atoms with Crippen molar-refractivity contribution in [3.8, 4) is 0 Å². The van der Waals surface area contributed by atoms with Crippen LogP contribution < -0.4 is 11.1 Å². The van der Waals surface area contributed by atoms with Crippen molar-refractivity contribution in [2.75, 3.05) is 11.1 Å². The van der Waals surface area contributed by atoms with Crippen LogP contribution in [-0.4, -0.2) is 16.0 Å². The normalized spacial score (nSPS) is 21.2. The predicted octanol–water partition coefficient (Wildman–Crippen LogP) is 0.805. The zero-order chi connectivity index (χ0) is 8.55. The average molecular weight is 164 g/mol. The molecule has 0 amide bonds. The topological polar surface area (TPSA) is 63.8 Å². The van der Waals surface area contributed by atoms with Crippen LogP contribution >= 0.6 is 0 Å². The zero-order valence-electron chi connectivity index (χ0n) is 7.04. The van der Waals surface area contributed by atoms with Crippen LogP contribution in [0.15, 0.2) is 6.33 Å². The van der Waals surface area contributed by atoms with Crippen molar-refractivity contribution in [3.63, 3.8) is 0 Å². The van der Waals surface area contributed by atoms with Gasteiger partial charge in [0.15, 0.2) is 0 Å². The van der Waals surface area contributed by atoms with Crippen molar-refractivity contribution >= 4 is 11.6 Å². The molecule has 1 aromatic heterocycles. The molecule has 4 heteroatoms. The number of rotatable bonds is 0. The highest BCUT2D eigenvalue weighted by molar-refractivity contribution is 5.56. The summed E-state index contributed by atoms with van der Waals surface area (Å²) in [5.74, 6) is 1.51. The van der Waals surface area contributed by atoms with E-state index in [0.717, 1.165) is 24.2 Å². The van der Waals surface area contributed by atoms with Crippen LogP contribution in [0.2, 0.25) is 0 Å². The van der Waals surface area contributed by atoms with Crippen LogP contribution in [-0.2, 0) is 6.42 Å². The van der Waals surface area contributed by atoms with Crippen molar-refractivity contribution in [3.05, 3.63) is 11.9 Å². The van der Waals surface area contributed by atoms with Gasteiger partial charge >= 0.3 is 0 Å². The smallest absolute Gasteiger partial charge is 0.134 e. The molecule has 1 aromatic rings. The van der Waals surface area contributed by atoms with E-state index >= 15 is 0 Å². The van der Waals surface area contributed by atoms with Gasteiger partial charge in [-0.3, -0.25) is 0 Å². The van der Waals surface area contributed by atoms with Gasteiger partial charge in [0.2, 0.25) is 0 Å². The first-order valence-corrected chi connectivity index (χ1v) is 4.13. The van der Waals surface area contributed by atoms with Crippen LogP contribution in [0.4, 0.5) is 11.6 Å². The van der Waals surface area contributed by atoms with E-state index in [1.165, 1.54) is 6.33 Å². The van der Waals surface area contributed by atoms with E-state index < -0.39 is 0 Å². The summed E-state index contributed by atoms with van der Waals surface area (Å²) in [5.41, 5.74) is 6.76. The van der Waals surface area contributed by atoms with Crippen molar-refractivity contribution in [2.45, 2.75) is 25.8 Å². The summed E-state index contributed by atoms with van der Waals surface area (Å²) in [7, 11) is 0. The van der Waals surface area contributed by atoms with Crippen molar-refractivity contribution in [2.24, 2.45) is 0 Å². The van der Waals surface area contributed by atoms with Crippen molar-refractivity contribution in [1.82, 2.24) is 9.97 Å². The molecule has 1 aliphatic rings. The van der Waals surface area contributed by atoms with Gasteiger partial charge in [-0.15, -0.1) is 0 Å². The largest absolute Gasteiger partial charge is 0.383 e. The molecule has 0 fully saturated rings. The third-order valence-electron chi connectivity index (χ3n) is 2.19. The molecule has 12 heavy (non-hydrogen) atoms. The Labute approximate surface area is 71.2 Å². The van der Waals surface area contributed by atoms with Gasteiger partial charge in [-0.1, -0.05) is 0 Å². The molecule has 0 bridgehead atoms. The van der Waals surface area contributed by atoms with Gasteiger partial charge in [-0.25, -0.2) is 9.97 Å². The Bertz CT molecular complexity index is 297. The fourth-order valence-corrected chi connectivity index (χ4v) is 1.46. The van der Waals surface area contributed by atoms with Gasteiger partial charge < -0.3 is 11.1 Å². The quantitative estimate of drug-likeness (QED) is 0.595. The maximum absolute atomic E-state index is 5.70. The van der Waals surface area contributed by atoms with E-state index in [1.807, 2.05) is 0 Å². The highest BCUT2D eigenvalue weighted by Crippen LogP contribution is 2.24. The number of fused-ring (bicyclic) bond motifs is 1. The van der Waals surface area contributed by atoms with Gasteiger partial charge in [0.25, 0.3) is 0 Å². The summed E-state index contributed by atoms with van der Waals surface area (Å²) < 4.78 is 0. The number of aromatic nitrogens is 2. The van der Waals surface area contributed by atoms with Gasteiger partial charge in [-0.05, 0) is 19.8 Å². The van der Waals surface area contributed by atoms with Gasteiger partial charge in [0.1, 0.15) is 18.0 Å². The summed E-state index contributed by atoms with van der Waals surface area (Å²) in [4.78, 5) is 8.07. The molecular formula is C8H12N4. The highest BCUT2D eigenvalue weighted by atomic mass is 15.1. The van der Waals surface area contributed by atoms with E-state index in [1.54, 1.807) is 0 Å². The summed E-state index contributed by atoms with van der Waals surface area (Å²) in [6.45, 7) is 2.14. The molecule has 0 aromatic carbocycles. The molecule has 0 aliphatic carbocycles. The van der Waals surface area contributed by atoms with Crippen LogP contribution in [0.1, 0.15) is 18.9 Å². The Balaban J connectivity index is 2.42. The van der Waals surface area contributed by atoms with Crippen LogP contribution in [0, 0.1) is 0 Å². The summed E-state index contributed by atoms with van der Waals surface area (Å²) in [6, 6.07) is 0.492. The van der Waals surface area contributed by atoms with Gasteiger partial charge in [0.05, 0.1) is 0 Å². The molecule has 1 unspecified atom stereocenters. The number of nitrogens with two attached hydrogens (primary N) is 1. The lowest BCUT2D eigenvalue weighted by Gasteiger charge is -2.23. The minimum absolute atomic E-state index is 0.492. The lowest BCUT2D eigenvalue weighted by atomic mass is 10.0. The number of hydrogen-bond acceptors (Lipinski definition) is 4. The van der Waals surface area contributed by atoms with Crippen LogP contribution in [0.3, 0.4) is 0 Å². The Morgan fingerprint density at radius 3 is 3.25 bits per heavy atom. The molecule has 3 N–H and O–H groups in total. The van der Waals surface area contributed by atoms with Crippen LogP contribution in [0.5, 0.6) is 0 Å². The van der Waals surface area contributed by atoms with E-state index in [2.05, 4.69) is 22.2 Å². The summed E-state index contributed by atoms with van der Waals surface area (Å²) in [6.07, 6.45) is 3.58. The number of anilines is 2. The number of nitrogens with zero attached hydrogens (tertiary/aromatic N) is 2. The fourth-order valence-electron chi connectivity index (χ4n) is 1.46. The molecule has 1 aliphatic heterocycles. The van der Waals surface area contributed by atoms with E-state index in [-0.39, 0.29) is 0 Å². The maximum Gasteiger partial charge on any atom is 0.134 e. The average Bonchev–Trinajstić information content (AvgIpc) is 2.04. The third-order valence-corrected chi connectivity index (χ3v) is 2.19. The first-order valence-electron chi connectivity index (χ1n) is 4.13. The minimum Gasteiger partial charge on any atom is -0.383 e. The SMILES string of the molecule is CC1CCc2c(N)ncnc2N1. The highest BCUT2D eigenvalue weighted by Gasteiger charge is 2.17. The molecule has 1 atom stereocenters. The van der Waals surface area contributed by atoms with Gasteiger partial charge in [-0.2, -0.15) is 0 Å². The molecular weight excluding hydrogens is 152 g/mol. The molecule has 64 valence electrons. The summed E-state index contributed by atoms with van der Waals surface area (Å²) in [5, 5.41) is 3.27. The summed E-state index contributed by atoms with van der Waals surface area (Å²) >= 11 is 0. The maximum atomic E-state index is 5.70. The molecule has 0 spiro atoms. The third kappa shape index (κ3) is 1.09. The van der Waals surface area contributed by atoms with E-state index in [0.29, 0.717) is 11.9 Å². The Kier molecular flexibility index (Phi) is 1.60. The predicted molar refractivity (Wildman–Crippen MR) is 47.9 cm³/mol. The lowest BCUT2D eigenvalue weighted by molar-refractivity contribution is 0.672.